The normalized spacial score (nSPS) is 16.5. The fraction of sp³-hybridized carbons (Fsp3) is 0.538. The van der Waals surface area contributed by atoms with Crippen molar-refractivity contribution >= 4 is 17.2 Å². The van der Waals surface area contributed by atoms with Crippen LogP contribution in [-0.2, 0) is 0 Å². The second-order valence-corrected chi connectivity index (χ2v) is 5.64. The maximum Gasteiger partial charge on any atom is 0.157 e. The van der Waals surface area contributed by atoms with Gasteiger partial charge in [0.25, 0.3) is 0 Å². The predicted octanol–water partition coefficient (Wildman–Crippen LogP) is 2.50. The van der Waals surface area contributed by atoms with Crippen molar-refractivity contribution in [2.75, 3.05) is 13.1 Å². The molecule has 0 amide bonds. The number of nitrogens with zero attached hydrogens (tertiary/aromatic N) is 3. The SMILES string of the molecule is Cc1cc2nc(C3CNC3)nn2c(Cl)c1C(C)C. The summed E-state index contributed by atoms with van der Waals surface area (Å²) in [5, 5.41) is 8.49. The minimum absolute atomic E-state index is 0.389. The lowest BCUT2D eigenvalue weighted by Gasteiger charge is -2.23. The van der Waals surface area contributed by atoms with Gasteiger partial charge in [0, 0.05) is 19.0 Å². The standard InChI is InChI=1S/C13H17ClN4/c1-7(2)11-8(3)4-10-16-13(9-5-15-6-9)17-18(10)12(11)14/h4,7,9,15H,5-6H2,1-3H3. The molecule has 96 valence electrons. The topological polar surface area (TPSA) is 42.2 Å². The van der Waals surface area contributed by atoms with Crippen LogP contribution in [0.4, 0.5) is 0 Å². The van der Waals surface area contributed by atoms with E-state index in [2.05, 4.69) is 42.2 Å². The third-order valence-corrected chi connectivity index (χ3v) is 3.91. The van der Waals surface area contributed by atoms with Gasteiger partial charge >= 0.3 is 0 Å². The van der Waals surface area contributed by atoms with Crippen LogP contribution in [0.5, 0.6) is 0 Å². The number of fused-ring (bicyclic) bond motifs is 1. The molecule has 3 rings (SSSR count). The van der Waals surface area contributed by atoms with Crippen molar-refractivity contribution in [2.45, 2.75) is 32.6 Å². The van der Waals surface area contributed by atoms with Gasteiger partial charge in [0.05, 0.1) is 0 Å². The number of aryl methyl sites for hydroxylation is 1. The van der Waals surface area contributed by atoms with Crippen LogP contribution in [0, 0.1) is 6.92 Å². The summed E-state index contributed by atoms with van der Waals surface area (Å²) in [6, 6.07) is 2.07. The molecule has 0 bridgehead atoms. The molecule has 0 radical (unpaired) electrons. The van der Waals surface area contributed by atoms with Crippen LogP contribution in [0.3, 0.4) is 0 Å². The predicted molar refractivity (Wildman–Crippen MR) is 72.4 cm³/mol. The number of hydrogen-bond acceptors (Lipinski definition) is 3. The van der Waals surface area contributed by atoms with Crippen molar-refractivity contribution in [3.05, 3.63) is 28.2 Å². The van der Waals surface area contributed by atoms with E-state index < -0.39 is 0 Å². The lowest BCUT2D eigenvalue weighted by atomic mass is 10.0. The van der Waals surface area contributed by atoms with Gasteiger partial charge in [-0.1, -0.05) is 25.4 Å². The summed E-state index contributed by atoms with van der Waals surface area (Å²) in [5.41, 5.74) is 3.20. The number of halogens is 1. The number of rotatable bonds is 2. The van der Waals surface area contributed by atoms with Crippen LogP contribution in [0.25, 0.3) is 5.65 Å². The highest BCUT2D eigenvalue weighted by Gasteiger charge is 2.24. The molecule has 0 saturated carbocycles. The first-order chi connectivity index (χ1) is 8.58. The third kappa shape index (κ3) is 1.71. The van der Waals surface area contributed by atoms with Gasteiger partial charge < -0.3 is 5.32 Å². The van der Waals surface area contributed by atoms with Gasteiger partial charge in [-0.3, -0.25) is 0 Å². The zero-order chi connectivity index (χ0) is 12.9. The smallest absolute Gasteiger partial charge is 0.157 e. The Kier molecular flexibility index (Phi) is 2.79. The van der Waals surface area contributed by atoms with Crippen LogP contribution < -0.4 is 5.32 Å². The van der Waals surface area contributed by atoms with Crippen LogP contribution in [0.15, 0.2) is 6.07 Å². The molecule has 1 aliphatic heterocycles. The second-order valence-electron chi connectivity index (χ2n) is 5.28. The Morgan fingerprint density at radius 1 is 1.44 bits per heavy atom. The van der Waals surface area contributed by atoms with Gasteiger partial charge in [-0.05, 0) is 30.0 Å². The minimum Gasteiger partial charge on any atom is -0.315 e. The number of pyridine rings is 1. The van der Waals surface area contributed by atoms with E-state index in [-0.39, 0.29) is 0 Å². The summed E-state index contributed by atoms with van der Waals surface area (Å²) in [5.74, 6) is 1.72. The number of nitrogens with one attached hydrogen (secondary N) is 1. The maximum absolute atomic E-state index is 6.47. The lowest BCUT2D eigenvalue weighted by molar-refractivity contribution is 0.430. The molecule has 1 fully saturated rings. The summed E-state index contributed by atoms with van der Waals surface area (Å²) < 4.78 is 1.78. The molecule has 0 spiro atoms. The molecule has 4 nitrogen and oxygen atoms in total. The van der Waals surface area contributed by atoms with Crippen molar-refractivity contribution in [1.82, 2.24) is 19.9 Å². The third-order valence-electron chi connectivity index (χ3n) is 3.55. The monoisotopic (exact) mass is 264 g/mol. The highest BCUT2D eigenvalue weighted by atomic mass is 35.5. The number of hydrogen-bond donors (Lipinski definition) is 1. The van der Waals surface area contributed by atoms with E-state index in [4.69, 9.17) is 11.6 Å². The minimum atomic E-state index is 0.389. The van der Waals surface area contributed by atoms with Crippen LogP contribution in [0.1, 0.15) is 42.6 Å². The first kappa shape index (κ1) is 11.9. The van der Waals surface area contributed by atoms with E-state index in [9.17, 15) is 0 Å². The van der Waals surface area contributed by atoms with Crippen LogP contribution in [-0.4, -0.2) is 27.7 Å². The second kappa shape index (κ2) is 4.21. The molecule has 1 saturated heterocycles. The Hall–Kier alpha value is -1.13. The summed E-state index contributed by atoms with van der Waals surface area (Å²) in [6.45, 7) is 8.30. The Morgan fingerprint density at radius 3 is 2.72 bits per heavy atom. The van der Waals surface area contributed by atoms with Gasteiger partial charge in [0.2, 0.25) is 0 Å². The molecule has 5 heteroatoms. The fourth-order valence-electron chi connectivity index (χ4n) is 2.46. The van der Waals surface area contributed by atoms with Gasteiger partial charge in [0.15, 0.2) is 11.5 Å². The Labute approximate surface area is 111 Å². The number of aromatic nitrogens is 3. The van der Waals surface area contributed by atoms with Crippen LogP contribution >= 0.6 is 11.6 Å². The Balaban J connectivity index is 2.18. The molecule has 0 aliphatic carbocycles. The van der Waals surface area contributed by atoms with Gasteiger partial charge in [-0.2, -0.15) is 0 Å². The lowest BCUT2D eigenvalue weighted by Crippen LogP contribution is -2.40. The fourth-order valence-corrected chi connectivity index (χ4v) is 2.96. The summed E-state index contributed by atoms with van der Waals surface area (Å²) in [7, 11) is 0. The van der Waals surface area contributed by atoms with Gasteiger partial charge in [-0.25, -0.2) is 9.50 Å². The van der Waals surface area contributed by atoms with E-state index in [1.54, 1.807) is 4.52 Å². The first-order valence-electron chi connectivity index (χ1n) is 6.34. The molecule has 0 aromatic carbocycles. The van der Waals surface area contributed by atoms with Crippen molar-refractivity contribution in [1.29, 1.82) is 0 Å². The highest BCUT2D eigenvalue weighted by Crippen LogP contribution is 2.29. The molecule has 0 unspecified atom stereocenters. The molecule has 1 aliphatic rings. The quantitative estimate of drug-likeness (QED) is 0.848. The largest absolute Gasteiger partial charge is 0.315 e. The highest BCUT2D eigenvalue weighted by molar-refractivity contribution is 6.30. The molecular weight excluding hydrogens is 248 g/mol. The van der Waals surface area contributed by atoms with E-state index in [1.807, 2.05) is 0 Å². The molecule has 0 atom stereocenters. The average molecular weight is 265 g/mol. The van der Waals surface area contributed by atoms with Crippen molar-refractivity contribution in [3.8, 4) is 0 Å². The van der Waals surface area contributed by atoms with E-state index >= 15 is 0 Å². The average Bonchev–Trinajstić information content (AvgIpc) is 2.57. The zero-order valence-electron chi connectivity index (χ0n) is 10.9. The Morgan fingerprint density at radius 2 is 2.17 bits per heavy atom. The van der Waals surface area contributed by atoms with Crippen LogP contribution in [0.2, 0.25) is 5.15 Å². The summed E-state index contributed by atoms with van der Waals surface area (Å²) in [4.78, 5) is 4.58. The maximum atomic E-state index is 6.47. The van der Waals surface area contributed by atoms with Crippen molar-refractivity contribution in [2.24, 2.45) is 0 Å². The molecule has 2 aromatic heterocycles. The van der Waals surface area contributed by atoms with Gasteiger partial charge in [-0.15, -0.1) is 5.10 Å². The van der Waals surface area contributed by atoms with Gasteiger partial charge in [0.1, 0.15) is 5.15 Å². The Bertz CT molecular complexity index is 599. The zero-order valence-corrected chi connectivity index (χ0v) is 11.6. The molecule has 1 N–H and O–H groups in total. The molecule has 3 heterocycles. The van der Waals surface area contributed by atoms with Crippen molar-refractivity contribution in [3.63, 3.8) is 0 Å². The van der Waals surface area contributed by atoms with Crippen molar-refractivity contribution < 1.29 is 0 Å². The molecule has 2 aromatic rings. The molecule has 18 heavy (non-hydrogen) atoms. The summed E-state index contributed by atoms with van der Waals surface area (Å²) >= 11 is 6.47. The van der Waals surface area contributed by atoms with E-state index in [0.717, 1.165) is 30.1 Å². The van der Waals surface area contributed by atoms with E-state index in [1.165, 1.54) is 5.56 Å². The van der Waals surface area contributed by atoms with E-state index in [0.29, 0.717) is 17.0 Å². The molecular formula is C13H17ClN4. The first-order valence-corrected chi connectivity index (χ1v) is 6.72. The summed E-state index contributed by atoms with van der Waals surface area (Å²) in [6.07, 6.45) is 0.